The lowest BCUT2D eigenvalue weighted by Gasteiger charge is -2.05. The molecule has 0 saturated heterocycles. The second-order valence-electron chi connectivity index (χ2n) is 4.41. The van der Waals surface area contributed by atoms with Crippen LogP contribution in [-0.4, -0.2) is 16.1 Å². The molecule has 0 unspecified atom stereocenters. The minimum absolute atomic E-state index is 0.0784. The van der Waals surface area contributed by atoms with Crippen molar-refractivity contribution in [1.82, 2.24) is 10.3 Å². The molecule has 0 aliphatic rings. The summed E-state index contributed by atoms with van der Waals surface area (Å²) in [6.07, 6.45) is 0. The number of benzene rings is 1. The van der Waals surface area contributed by atoms with Gasteiger partial charge in [-0.1, -0.05) is 35.9 Å². The molecule has 0 amide bonds. The van der Waals surface area contributed by atoms with Crippen LogP contribution in [-0.2, 0) is 13.1 Å². The Morgan fingerprint density at radius 2 is 1.89 bits per heavy atom. The number of pyridine rings is 1. The fourth-order valence-electron chi connectivity index (χ4n) is 1.74. The highest BCUT2D eigenvalue weighted by Gasteiger charge is 2.04. The molecule has 4 nitrogen and oxygen atoms in total. The Hall–Kier alpha value is -2.20. The Morgan fingerprint density at radius 1 is 1.16 bits per heavy atom. The van der Waals surface area contributed by atoms with E-state index < -0.39 is 5.97 Å². The van der Waals surface area contributed by atoms with Crippen LogP contribution in [0.4, 0.5) is 0 Å². The van der Waals surface area contributed by atoms with Crippen molar-refractivity contribution in [3.63, 3.8) is 0 Å². The molecule has 0 aliphatic carbocycles. The highest BCUT2D eigenvalue weighted by Crippen LogP contribution is 2.04. The van der Waals surface area contributed by atoms with Crippen LogP contribution in [0.25, 0.3) is 0 Å². The topological polar surface area (TPSA) is 62.2 Å². The minimum Gasteiger partial charge on any atom is -0.477 e. The van der Waals surface area contributed by atoms with Crippen molar-refractivity contribution >= 4 is 5.97 Å². The van der Waals surface area contributed by atoms with Gasteiger partial charge in [-0.15, -0.1) is 0 Å². The summed E-state index contributed by atoms with van der Waals surface area (Å²) in [5.41, 5.74) is 3.24. The van der Waals surface area contributed by atoms with Gasteiger partial charge in [0.1, 0.15) is 5.69 Å². The SMILES string of the molecule is Cc1ccc(CNCc2cccc(C(=O)O)n2)cc1. The van der Waals surface area contributed by atoms with Crippen LogP contribution < -0.4 is 5.32 Å². The molecular weight excluding hydrogens is 240 g/mol. The molecule has 1 heterocycles. The molecule has 2 N–H and O–H groups in total. The average molecular weight is 256 g/mol. The smallest absolute Gasteiger partial charge is 0.354 e. The number of aromatic nitrogens is 1. The zero-order valence-electron chi connectivity index (χ0n) is 10.8. The lowest BCUT2D eigenvalue weighted by atomic mass is 10.1. The lowest BCUT2D eigenvalue weighted by molar-refractivity contribution is 0.0690. The van der Waals surface area contributed by atoms with E-state index in [-0.39, 0.29) is 5.69 Å². The van der Waals surface area contributed by atoms with E-state index in [4.69, 9.17) is 5.11 Å². The van der Waals surface area contributed by atoms with Crippen LogP contribution in [0.3, 0.4) is 0 Å². The van der Waals surface area contributed by atoms with Gasteiger partial charge < -0.3 is 10.4 Å². The molecule has 0 aliphatic heterocycles. The van der Waals surface area contributed by atoms with Crippen LogP contribution in [0.15, 0.2) is 42.5 Å². The fourth-order valence-corrected chi connectivity index (χ4v) is 1.74. The van der Waals surface area contributed by atoms with Crippen molar-refractivity contribution < 1.29 is 9.90 Å². The number of nitrogens with zero attached hydrogens (tertiary/aromatic N) is 1. The molecule has 0 bridgehead atoms. The molecule has 1 aromatic carbocycles. The third kappa shape index (κ3) is 3.89. The van der Waals surface area contributed by atoms with Crippen molar-refractivity contribution in [2.45, 2.75) is 20.0 Å². The monoisotopic (exact) mass is 256 g/mol. The zero-order chi connectivity index (χ0) is 13.7. The quantitative estimate of drug-likeness (QED) is 0.862. The Bertz CT molecular complexity index is 565. The fraction of sp³-hybridized carbons (Fsp3) is 0.200. The summed E-state index contributed by atoms with van der Waals surface area (Å²) >= 11 is 0. The summed E-state index contributed by atoms with van der Waals surface area (Å²) in [4.78, 5) is 14.9. The Morgan fingerprint density at radius 3 is 2.58 bits per heavy atom. The minimum atomic E-state index is -1.000. The summed E-state index contributed by atoms with van der Waals surface area (Å²) in [6, 6.07) is 13.3. The van der Waals surface area contributed by atoms with Crippen molar-refractivity contribution in [2.24, 2.45) is 0 Å². The highest BCUT2D eigenvalue weighted by molar-refractivity contribution is 5.85. The predicted molar refractivity (Wildman–Crippen MR) is 72.9 cm³/mol. The van der Waals surface area contributed by atoms with E-state index in [1.165, 1.54) is 17.2 Å². The predicted octanol–water partition coefficient (Wildman–Crippen LogP) is 2.38. The van der Waals surface area contributed by atoms with Crippen LogP contribution in [0.2, 0.25) is 0 Å². The molecule has 0 saturated carbocycles. The van der Waals surface area contributed by atoms with Crippen molar-refractivity contribution in [3.05, 3.63) is 65.0 Å². The molecule has 2 aromatic rings. The molecule has 98 valence electrons. The standard InChI is InChI=1S/C15H16N2O2/c1-11-5-7-12(8-6-11)9-16-10-13-3-2-4-14(17-13)15(18)19/h2-8,16H,9-10H2,1H3,(H,18,19). The van der Waals surface area contributed by atoms with Crippen molar-refractivity contribution in [1.29, 1.82) is 0 Å². The summed E-state index contributed by atoms with van der Waals surface area (Å²) in [5.74, 6) is -1.000. The van der Waals surface area contributed by atoms with Crippen molar-refractivity contribution in [3.8, 4) is 0 Å². The first-order valence-corrected chi connectivity index (χ1v) is 6.10. The average Bonchev–Trinajstić information content (AvgIpc) is 2.41. The second-order valence-corrected chi connectivity index (χ2v) is 4.41. The maximum atomic E-state index is 10.8. The number of nitrogens with one attached hydrogen (secondary N) is 1. The van der Waals surface area contributed by atoms with Crippen LogP contribution in [0, 0.1) is 6.92 Å². The molecule has 0 spiro atoms. The molecule has 2 rings (SSSR count). The van der Waals surface area contributed by atoms with Gasteiger partial charge in [0.05, 0.1) is 5.69 Å². The first kappa shape index (κ1) is 13.2. The third-order valence-electron chi connectivity index (χ3n) is 2.78. The molecule has 4 heteroatoms. The number of carboxylic acids is 1. The molecule has 0 fully saturated rings. The van der Waals surface area contributed by atoms with Gasteiger partial charge in [-0.25, -0.2) is 9.78 Å². The van der Waals surface area contributed by atoms with Crippen LogP contribution in [0.1, 0.15) is 27.3 Å². The zero-order valence-corrected chi connectivity index (χ0v) is 10.8. The third-order valence-corrected chi connectivity index (χ3v) is 2.78. The Kier molecular flexibility index (Phi) is 4.26. The Labute approximate surface area is 112 Å². The van der Waals surface area contributed by atoms with Gasteiger partial charge in [0.15, 0.2) is 0 Å². The second kappa shape index (κ2) is 6.11. The van der Waals surface area contributed by atoms with Gasteiger partial charge in [-0.2, -0.15) is 0 Å². The van der Waals surface area contributed by atoms with Gasteiger partial charge in [-0.05, 0) is 24.6 Å². The van der Waals surface area contributed by atoms with Crippen LogP contribution in [0.5, 0.6) is 0 Å². The van der Waals surface area contributed by atoms with E-state index in [1.807, 2.05) is 6.07 Å². The lowest BCUT2D eigenvalue weighted by Crippen LogP contribution is -2.14. The van der Waals surface area contributed by atoms with Gasteiger partial charge in [0, 0.05) is 13.1 Å². The molecule has 19 heavy (non-hydrogen) atoms. The van der Waals surface area contributed by atoms with E-state index in [1.54, 1.807) is 6.07 Å². The normalized spacial score (nSPS) is 10.4. The van der Waals surface area contributed by atoms with Gasteiger partial charge >= 0.3 is 5.97 Å². The number of rotatable bonds is 5. The molecular formula is C15H16N2O2. The highest BCUT2D eigenvalue weighted by atomic mass is 16.4. The molecule has 0 radical (unpaired) electrons. The van der Waals surface area contributed by atoms with E-state index in [0.717, 1.165) is 12.2 Å². The Balaban J connectivity index is 1.90. The summed E-state index contributed by atoms with van der Waals surface area (Å²) < 4.78 is 0. The van der Waals surface area contributed by atoms with E-state index in [0.29, 0.717) is 6.54 Å². The van der Waals surface area contributed by atoms with E-state index in [9.17, 15) is 4.79 Å². The number of carboxylic acid groups (broad SMARTS) is 1. The number of carbonyl (C=O) groups is 1. The van der Waals surface area contributed by atoms with Crippen molar-refractivity contribution in [2.75, 3.05) is 0 Å². The van der Waals surface area contributed by atoms with Gasteiger partial charge in [0.2, 0.25) is 0 Å². The van der Waals surface area contributed by atoms with Crippen LogP contribution >= 0.6 is 0 Å². The largest absolute Gasteiger partial charge is 0.477 e. The maximum absolute atomic E-state index is 10.8. The summed E-state index contributed by atoms with van der Waals surface area (Å²) in [7, 11) is 0. The number of hydrogen-bond acceptors (Lipinski definition) is 3. The maximum Gasteiger partial charge on any atom is 0.354 e. The van der Waals surface area contributed by atoms with Gasteiger partial charge in [0.25, 0.3) is 0 Å². The number of aromatic carboxylic acids is 1. The number of aryl methyl sites for hydroxylation is 1. The van der Waals surface area contributed by atoms with E-state index >= 15 is 0 Å². The summed E-state index contributed by atoms with van der Waals surface area (Å²) in [6.45, 7) is 3.34. The summed E-state index contributed by atoms with van der Waals surface area (Å²) in [5, 5.41) is 12.1. The van der Waals surface area contributed by atoms with Gasteiger partial charge in [-0.3, -0.25) is 0 Å². The number of hydrogen-bond donors (Lipinski definition) is 2. The first-order valence-electron chi connectivity index (χ1n) is 6.10. The molecule has 0 atom stereocenters. The van der Waals surface area contributed by atoms with E-state index in [2.05, 4.69) is 41.5 Å². The molecule has 1 aromatic heterocycles. The first-order chi connectivity index (χ1) is 9.15.